The van der Waals surface area contributed by atoms with Crippen molar-refractivity contribution in [2.24, 2.45) is 11.8 Å². The molecule has 5 rings (SSSR count). The van der Waals surface area contributed by atoms with Gasteiger partial charge < -0.3 is 9.64 Å². The number of nitro groups is 1. The zero-order valence-corrected chi connectivity index (χ0v) is 19.6. The van der Waals surface area contributed by atoms with Crippen LogP contribution in [0.3, 0.4) is 0 Å². The molecular formula is C29H28N2O4. The Bertz CT molecular complexity index is 1220. The second kappa shape index (κ2) is 9.74. The van der Waals surface area contributed by atoms with Crippen LogP contribution in [0.2, 0.25) is 0 Å². The Kier molecular flexibility index (Phi) is 6.36. The number of likely N-dealkylation sites (tertiary alicyclic amines) is 1. The second-order valence-corrected chi connectivity index (χ2v) is 9.28. The molecule has 35 heavy (non-hydrogen) atoms. The van der Waals surface area contributed by atoms with Crippen LogP contribution in [-0.4, -0.2) is 29.4 Å². The van der Waals surface area contributed by atoms with Gasteiger partial charge in [-0.1, -0.05) is 66.7 Å². The van der Waals surface area contributed by atoms with Gasteiger partial charge in [-0.25, -0.2) is 0 Å². The predicted octanol–water partition coefficient (Wildman–Crippen LogP) is 5.71. The molecule has 0 bridgehead atoms. The minimum absolute atomic E-state index is 0.0174. The summed E-state index contributed by atoms with van der Waals surface area (Å²) in [5.41, 5.74) is 3.23. The number of ether oxygens (including phenoxy) is 1. The number of allylic oxidation sites excluding steroid dienone is 2. The second-order valence-electron chi connectivity index (χ2n) is 9.28. The Hall–Kier alpha value is -3.93. The van der Waals surface area contributed by atoms with Crippen molar-refractivity contribution in [2.75, 3.05) is 13.7 Å². The summed E-state index contributed by atoms with van der Waals surface area (Å²) in [6.45, 7) is 1.26. The molecule has 3 aromatic carbocycles. The first-order valence-electron chi connectivity index (χ1n) is 11.9. The van der Waals surface area contributed by atoms with E-state index in [4.69, 9.17) is 4.74 Å². The molecule has 0 saturated carbocycles. The number of amides is 1. The molecule has 0 unspecified atom stereocenters. The first kappa shape index (κ1) is 22.8. The lowest BCUT2D eigenvalue weighted by molar-refractivity contribution is -0.384. The van der Waals surface area contributed by atoms with Crippen molar-refractivity contribution < 1.29 is 14.5 Å². The fourth-order valence-electron chi connectivity index (χ4n) is 5.56. The van der Waals surface area contributed by atoms with Gasteiger partial charge in [0.05, 0.1) is 18.0 Å². The molecule has 6 heteroatoms. The Labute approximate surface area is 205 Å². The summed E-state index contributed by atoms with van der Waals surface area (Å²) in [6.07, 6.45) is 5.34. The van der Waals surface area contributed by atoms with Crippen molar-refractivity contribution in [3.05, 3.63) is 118 Å². The van der Waals surface area contributed by atoms with Gasteiger partial charge in [0.2, 0.25) is 5.91 Å². The third-order valence-electron chi connectivity index (χ3n) is 7.34. The molecule has 1 heterocycles. The van der Waals surface area contributed by atoms with E-state index >= 15 is 0 Å². The van der Waals surface area contributed by atoms with Gasteiger partial charge in [-0.05, 0) is 41.2 Å². The minimum atomic E-state index is -0.385. The highest BCUT2D eigenvalue weighted by molar-refractivity contribution is 5.82. The number of fused-ring (bicyclic) bond motifs is 1. The third-order valence-corrected chi connectivity index (χ3v) is 7.34. The lowest BCUT2D eigenvalue weighted by Gasteiger charge is -2.45. The summed E-state index contributed by atoms with van der Waals surface area (Å²) in [4.78, 5) is 26.8. The number of rotatable bonds is 6. The molecule has 0 N–H and O–H groups in total. The molecule has 0 radical (unpaired) electrons. The van der Waals surface area contributed by atoms with E-state index in [1.165, 1.54) is 0 Å². The topological polar surface area (TPSA) is 72.7 Å². The van der Waals surface area contributed by atoms with Gasteiger partial charge in [0, 0.05) is 37.1 Å². The lowest BCUT2D eigenvalue weighted by atomic mass is 9.63. The number of hydrogen-bond donors (Lipinski definition) is 0. The van der Waals surface area contributed by atoms with Crippen molar-refractivity contribution in [1.82, 2.24) is 4.90 Å². The van der Waals surface area contributed by atoms with E-state index in [2.05, 4.69) is 24.3 Å². The number of nitrogens with zero attached hydrogens (tertiary/aromatic N) is 2. The first-order chi connectivity index (χ1) is 17.0. The number of carbonyl (C=O) groups excluding carboxylic acids is 1. The molecule has 1 saturated heterocycles. The highest BCUT2D eigenvalue weighted by Crippen LogP contribution is 2.49. The normalized spacial score (nSPS) is 23.6. The number of nitro benzene ring substituents is 1. The van der Waals surface area contributed by atoms with Crippen LogP contribution in [0.4, 0.5) is 5.69 Å². The van der Waals surface area contributed by atoms with Crippen molar-refractivity contribution in [3.63, 3.8) is 0 Å². The van der Waals surface area contributed by atoms with Crippen LogP contribution in [0, 0.1) is 22.0 Å². The molecule has 1 aliphatic carbocycles. The summed E-state index contributed by atoms with van der Waals surface area (Å²) in [6, 6.07) is 24.8. The lowest BCUT2D eigenvalue weighted by Crippen LogP contribution is -2.49. The van der Waals surface area contributed by atoms with Crippen LogP contribution in [0.1, 0.15) is 34.9 Å². The average Bonchev–Trinajstić information content (AvgIpc) is 2.90. The van der Waals surface area contributed by atoms with E-state index < -0.39 is 0 Å². The van der Waals surface area contributed by atoms with Crippen molar-refractivity contribution in [1.29, 1.82) is 0 Å². The summed E-state index contributed by atoms with van der Waals surface area (Å²) >= 11 is 0. The highest BCUT2D eigenvalue weighted by atomic mass is 16.6. The maximum atomic E-state index is 14.0. The van der Waals surface area contributed by atoms with Crippen LogP contribution >= 0.6 is 0 Å². The van der Waals surface area contributed by atoms with E-state index in [1.807, 2.05) is 59.5 Å². The quantitative estimate of drug-likeness (QED) is 0.264. The summed E-state index contributed by atoms with van der Waals surface area (Å²) < 4.78 is 5.26. The van der Waals surface area contributed by atoms with Gasteiger partial charge in [0.1, 0.15) is 5.75 Å². The van der Waals surface area contributed by atoms with E-state index in [9.17, 15) is 14.9 Å². The van der Waals surface area contributed by atoms with Crippen LogP contribution in [-0.2, 0) is 11.3 Å². The molecular weight excluding hydrogens is 440 g/mol. The standard InChI is InChI=1S/C29H28N2O4/c1-35-25-14-7-20(8-15-25)19-30-18-17-23-11-16-26(21-5-3-2-4-6-21)27(28(23)29(30)32)22-9-12-24(13-10-22)31(33)34/h2-16,23,26-28H,17-19H2,1H3/t23-,26+,27+,28+/m1/s1. The number of hydrogen-bond acceptors (Lipinski definition) is 4. The fraction of sp³-hybridized carbons (Fsp3) is 0.276. The smallest absolute Gasteiger partial charge is 0.269 e. The van der Waals surface area contributed by atoms with E-state index in [1.54, 1.807) is 19.2 Å². The summed E-state index contributed by atoms with van der Waals surface area (Å²) in [7, 11) is 1.64. The molecule has 178 valence electrons. The van der Waals surface area contributed by atoms with E-state index in [-0.39, 0.29) is 40.2 Å². The number of benzene rings is 3. The van der Waals surface area contributed by atoms with Gasteiger partial charge in [0.25, 0.3) is 5.69 Å². The van der Waals surface area contributed by atoms with Gasteiger partial charge >= 0.3 is 0 Å². The molecule has 1 fully saturated rings. The number of methoxy groups -OCH3 is 1. The first-order valence-corrected chi connectivity index (χ1v) is 11.9. The monoisotopic (exact) mass is 468 g/mol. The van der Waals surface area contributed by atoms with Crippen molar-refractivity contribution in [3.8, 4) is 5.75 Å². The molecule has 6 nitrogen and oxygen atoms in total. The predicted molar refractivity (Wildman–Crippen MR) is 134 cm³/mol. The number of piperidine rings is 1. The molecule has 2 aliphatic rings. The largest absolute Gasteiger partial charge is 0.497 e. The number of non-ortho nitro benzene ring substituents is 1. The highest BCUT2D eigenvalue weighted by Gasteiger charge is 2.46. The fourth-order valence-corrected chi connectivity index (χ4v) is 5.56. The van der Waals surface area contributed by atoms with Gasteiger partial charge in [-0.15, -0.1) is 0 Å². The van der Waals surface area contributed by atoms with Crippen LogP contribution in [0.25, 0.3) is 0 Å². The number of carbonyl (C=O) groups is 1. The molecule has 4 atom stereocenters. The average molecular weight is 469 g/mol. The molecule has 1 aliphatic heterocycles. The minimum Gasteiger partial charge on any atom is -0.497 e. The molecule has 0 aromatic heterocycles. The van der Waals surface area contributed by atoms with Crippen LogP contribution < -0.4 is 4.74 Å². The summed E-state index contributed by atoms with van der Waals surface area (Å²) in [5.74, 6) is 0.780. The van der Waals surface area contributed by atoms with Crippen molar-refractivity contribution >= 4 is 11.6 Å². The zero-order chi connectivity index (χ0) is 24.4. The molecule has 3 aromatic rings. The summed E-state index contributed by atoms with van der Waals surface area (Å²) in [5, 5.41) is 11.2. The maximum Gasteiger partial charge on any atom is 0.269 e. The SMILES string of the molecule is COc1ccc(CN2CC[C@H]3C=C[C@@H](c4ccccc4)[C@H](c4ccc([N+](=O)[O-])cc4)[C@H]3C2=O)cc1. The van der Waals surface area contributed by atoms with Crippen LogP contribution in [0.15, 0.2) is 91.0 Å². The Morgan fingerprint density at radius 2 is 1.63 bits per heavy atom. The van der Waals surface area contributed by atoms with Crippen LogP contribution in [0.5, 0.6) is 5.75 Å². The Morgan fingerprint density at radius 3 is 2.29 bits per heavy atom. The maximum absolute atomic E-state index is 14.0. The van der Waals surface area contributed by atoms with Gasteiger partial charge in [-0.2, -0.15) is 0 Å². The third kappa shape index (κ3) is 4.56. The van der Waals surface area contributed by atoms with E-state index in [0.717, 1.165) is 28.9 Å². The van der Waals surface area contributed by atoms with Gasteiger partial charge in [0.15, 0.2) is 0 Å². The van der Waals surface area contributed by atoms with E-state index in [0.29, 0.717) is 13.1 Å². The molecule has 0 spiro atoms. The molecule has 1 amide bonds. The Balaban J connectivity index is 1.50. The van der Waals surface area contributed by atoms with Crippen molar-refractivity contribution in [2.45, 2.75) is 24.8 Å². The Morgan fingerprint density at radius 1 is 0.914 bits per heavy atom. The van der Waals surface area contributed by atoms with Gasteiger partial charge in [-0.3, -0.25) is 14.9 Å². The zero-order valence-electron chi connectivity index (χ0n) is 19.6.